The molecule has 76 valence electrons. The summed E-state index contributed by atoms with van der Waals surface area (Å²) in [4.78, 5) is 12.9. The standard InChI is InChI=1S/C9H19N3O/c1-2-12(5-7-3-4-7)6-8(10)9(11)13/h7-8H,2-6,10H2,1H3,(H2,11,13). The minimum absolute atomic E-state index is 0.408. The summed E-state index contributed by atoms with van der Waals surface area (Å²) in [5.74, 6) is 0.425. The summed E-state index contributed by atoms with van der Waals surface area (Å²) in [7, 11) is 0. The minimum Gasteiger partial charge on any atom is -0.368 e. The Morgan fingerprint density at radius 2 is 2.23 bits per heavy atom. The zero-order valence-corrected chi connectivity index (χ0v) is 8.20. The third kappa shape index (κ3) is 3.74. The second kappa shape index (κ2) is 4.58. The lowest BCUT2D eigenvalue weighted by molar-refractivity contribution is -0.119. The summed E-state index contributed by atoms with van der Waals surface area (Å²) in [6, 6.07) is -0.515. The van der Waals surface area contributed by atoms with E-state index in [0.717, 1.165) is 19.0 Å². The molecule has 1 fully saturated rings. The summed E-state index contributed by atoms with van der Waals surface area (Å²) in [6.07, 6.45) is 2.64. The lowest BCUT2D eigenvalue weighted by Gasteiger charge is -2.22. The quantitative estimate of drug-likeness (QED) is 0.587. The smallest absolute Gasteiger partial charge is 0.235 e. The Morgan fingerprint density at radius 1 is 1.62 bits per heavy atom. The third-order valence-electron chi connectivity index (χ3n) is 2.48. The van der Waals surface area contributed by atoms with Crippen LogP contribution in [-0.4, -0.2) is 36.5 Å². The van der Waals surface area contributed by atoms with Gasteiger partial charge in [-0.2, -0.15) is 0 Å². The average molecular weight is 185 g/mol. The topological polar surface area (TPSA) is 72.3 Å². The fourth-order valence-corrected chi connectivity index (χ4v) is 1.37. The molecule has 1 aliphatic rings. The van der Waals surface area contributed by atoms with E-state index >= 15 is 0 Å². The summed E-state index contributed by atoms with van der Waals surface area (Å²) in [5, 5.41) is 0. The number of primary amides is 1. The average Bonchev–Trinajstić information content (AvgIpc) is 2.86. The first kappa shape index (κ1) is 10.5. The summed E-state index contributed by atoms with van der Waals surface area (Å²) in [6.45, 7) is 4.69. The predicted octanol–water partition coefficient (Wildman–Crippen LogP) is -0.469. The van der Waals surface area contributed by atoms with Crippen LogP contribution in [0.25, 0.3) is 0 Å². The van der Waals surface area contributed by atoms with E-state index in [9.17, 15) is 4.79 Å². The molecule has 0 bridgehead atoms. The van der Waals surface area contributed by atoms with Gasteiger partial charge in [0.1, 0.15) is 0 Å². The zero-order valence-electron chi connectivity index (χ0n) is 8.20. The van der Waals surface area contributed by atoms with Crippen LogP contribution in [0.15, 0.2) is 0 Å². The Bertz CT molecular complexity index is 180. The van der Waals surface area contributed by atoms with Crippen LogP contribution >= 0.6 is 0 Å². The molecule has 0 spiro atoms. The highest BCUT2D eigenvalue weighted by Gasteiger charge is 2.24. The molecule has 0 aromatic heterocycles. The fourth-order valence-electron chi connectivity index (χ4n) is 1.37. The number of carbonyl (C=O) groups is 1. The largest absolute Gasteiger partial charge is 0.368 e. The fraction of sp³-hybridized carbons (Fsp3) is 0.889. The van der Waals surface area contributed by atoms with Gasteiger partial charge in [-0.25, -0.2) is 0 Å². The highest BCUT2D eigenvalue weighted by Crippen LogP contribution is 2.29. The molecule has 0 aromatic rings. The van der Waals surface area contributed by atoms with E-state index in [0.29, 0.717) is 6.54 Å². The van der Waals surface area contributed by atoms with Gasteiger partial charge in [-0.05, 0) is 25.3 Å². The van der Waals surface area contributed by atoms with E-state index in [2.05, 4.69) is 11.8 Å². The van der Waals surface area contributed by atoms with Crippen molar-refractivity contribution in [2.24, 2.45) is 17.4 Å². The summed E-state index contributed by atoms with van der Waals surface area (Å²) in [5.41, 5.74) is 10.7. The molecule has 0 aromatic carbocycles. The van der Waals surface area contributed by atoms with Crippen molar-refractivity contribution in [1.29, 1.82) is 0 Å². The maximum atomic E-state index is 10.7. The van der Waals surface area contributed by atoms with E-state index in [1.54, 1.807) is 0 Å². The molecule has 0 heterocycles. The van der Waals surface area contributed by atoms with Gasteiger partial charge in [0.15, 0.2) is 0 Å². The van der Waals surface area contributed by atoms with Crippen molar-refractivity contribution in [1.82, 2.24) is 4.90 Å². The molecule has 1 saturated carbocycles. The molecule has 4 heteroatoms. The highest BCUT2D eigenvalue weighted by atomic mass is 16.1. The number of hydrogen-bond donors (Lipinski definition) is 2. The second-order valence-corrected chi connectivity index (χ2v) is 3.80. The number of amides is 1. The number of nitrogens with two attached hydrogens (primary N) is 2. The third-order valence-corrected chi connectivity index (χ3v) is 2.48. The van der Waals surface area contributed by atoms with Crippen molar-refractivity contribution < 1.29 is 4.79 Å². The van der Waals surface area contributed by atoms with Gasteiger partial charge in [-0.1, -0.05) is 6.92 Å². The second-order valence-electron chi connectivity index (χ2n) is 3.80. The van der Waals surface area contributed by atoms with Crippen LogP contribution in [0.4, 0.5) is 0 Å². The molecule has 1 amide bonds. The lowest BCUT2D eigenvalue weighted by Crippen LogP contribution is -2.46. The van der Waals surface area contributed by atoms with Gasteiger partial charge < -0.3 is 16.4 Å². The molecule has 1 rings (SSSR count). The van der Waals surface area contributed by atoms with Gasteiger partial charge >= 0.3 is 0 Å². The van der Waals surface area contributed by atoms with Crippen LogP contribution in [0.2, 0.25) is 0 Å². The van der Waals surface area contributed by atoms with Gasteiger partial charge in [-0.3, -0.25) is 4.79 Å². The normalized spacial score (nSPS) is 19.0. The van der Waals surface area contributed by atoms with Crippen molar-refractivity contribution in [3.63, 3.8) is 0 Å². The number of nitrogens with zero attached hydrogens (tertiary/aromatic N) is 1. The SMILES string of the molecule is CCN(CC1CC1)CC(N)C(N)=O. The van der Waals surface area contributed by atoms with Crippen LogP contribution in [-0.2, 0) is 4.79 Å². The Morgan fingerprint density at radius 3 is 2.62 bits per heavy atom. The first-order chi connectivity index (χ1) is 6.13. The molecule has 0 radical (unpaired) electrons. The summed E-state index contributed by atoms with van der Waals surface area (Å²) < 4.78 is 0. The van der Waals surface area contributed by atoms with E-state index in [-0.39, 0.29) is 0 Å². The van der Waals surface area contributed by atoms with E-state index in [1.807, 2.05) is 0 Å². The Balaban J connectivity index is 2.24. The molecule has 4 N–H and O–H groups in total. The first-order valence-corrected chi connectivity index (χ1v) is 4.90. The Hall–Kier alpha value is -0.610. The van der Waals surface area contributed by atoms with Crippen molar-refractivity contribution >= 4 is 5.91 Å². The Labute approximate surface area is 79.3 Å². The van der Waals surface area contributed by atoms with Crippen molar-refractivity contribution in [3.8, 4) is 0 Å². The van der Waals surface area contributed by atoms with Crippen molar-refractivity contribution in [3.05, 3.63) is 0 Å². The number of carbonyl (C=O) groups excluding carboxylic acids is 1. The maximum Gasteiger partial charge on any atom is 0.235 e. The molecular formula is C9H19N3O. The number of rotatable bonds is 6. The number of likely N-dealkylation sites (N-methyl/N-ethyl adjacent to an activating group) is 1. The molecule has 0 saturated heterocycles. The van der Waals surface area contributed by atoms with Crippen LogP contribution in [0.3, 0.4) is 0 Å². The lowest BCUT2D eigenvalue weighted by atomic mass is 10.2. The monoisotopic (exact) mass is 185 g/mol. The summed E-state index contributed by atoms with van der Waals surface area (Å²) >= 11 is 0. The van der Waals surface area contributed by atoms with Crippen LogP contribution in [0, 0.1) is 5.92 Å². The van der Waals surface area contributed by atoms with Gasteiger partial charge in [0.25, 0.3) is 0 Å². The predicted molar refractivity (Wildman–Crippen MR) is 52.0 cm³/mol. The van der Waals surface area contributed by atoms with Gasteiger partial charge in [-0.15, -0.1) is 0 Å². The first-order valence-electron chi connectivity index (χ1n) is 4.90. The molecule has 1 unspecified atom stereocenters. The molecule has 13 heavy (non-hydrogen) atoms. The van der Waals surface area contributed by atoms with E-state index in [4.69, 9.17) is 11.5 Å². The molecule has 1 atom stereocenters. The Kier molecular flexibility index (Phi) is 3.69. The minimum atomic E-state index is -0.515. The van der Waals surface area contributed by atoms with Crippen molar-refractivity contribution in [2.45, 2.75) is 25.8 Å². The molecular weight excluding hydrogens is 166 g/mol. The maximum absolute atomic E-state index is 10.7. The van der Waals surface area contributed by atoms with Gasteiger partial charge in [0.05, 0.1) is 6.04 Å². The van der Waals surface area contributed by atoms with Crippen LogP contribution in [0.5, 0.6) is 0 Å². The van der Waals surface area contributed by atoms with Crippen LogP contribution in [0.1, 0.15) is 19.8 Å². The van der Waals surface area contributed by atoms with E-state index < -0.39 is 11.9 Å². The van der Waals surface area contributed by atoms with Gasteiger partial charge in [0.2, 0.25) is 5.91 Å². The number of hydrogen-bond acceptors (Lipinski definition) is 3. The molecule has 0 aliphatic heterocycles. The highest BCUT2D eigenvalue weighted by molar-refractivity contribution is 5.79. The van der Waals surface area contributed by atoms with Crippen LogP contribution < -0.4 is 11.5 Å². The zero-order chi connectivity index (χ0) is 9.84. The van der Waals surface area contributed by atoms with Gasteiger partial charge in [0, 0.05) is 13.1 Å². The van der Waals surface area contributed by atoms with Crippen molar-refractivity contribution in [2.75, 3.05) is 19.6 Å². The molecule has 1 aliphatic carbocycles. The molecule has 4 nitrogen and oxygen atoms in total. The van der Waals surface area contributed by atoms with E-state index in [1.165, 1.54) is 12.8 Å².